The van der Waals surface area contributed by atoms with Crippen molar-refractivity contribution in [2.75, 3.05) is 31.6 Å². The quantitative estimate of drug-likeness (QED) is 0.534. The van der Waals surface area contributed by atoms with Gasteiger partial charge in [0.05, 0.1) is 24.4 Å². The number of carbonyl (C=O) groups excluding carboxylic acids is 1. The Morgan fingerprint density at radius 1 is 1.21 bits per heavy atom. The number of piperidine rings is 1. The number of ether oxygens (including phenoxy) is 3. The van der Waals surface area contributed by atoms with Crippen LogP contribution in [0.2, 0.25) is 0 Å². The topological polar surface area (TPSA) is 127 Å². The minimum atomic E-state index is -0.546. The molecule has 0 aliphatic carbocycles. The first-order valence-corrected chi connectivity index (χ1v) is 12.7. The van der Waals surface area contributed by atoms with Gasteiger partial charge in [-0.3, -0.25) is 4.57 Å². The lowest BCUT2D eigenvalue weighted by Crippen LogP contribution is -2.47. The number of likely N-dealkylation sites (tertiary alicyclic amines) is 1. The largest absolute Gasteiger partial charge is 0.486 e. The summed E-state index contributed by atoms with van der Waals surface area (Å²) < 4.78 is 18.8. The Bertz CT molecular complexity index is 1360. The summed E-state index contributed by atoms with van der Waals surface area (Å²) in [4.78, 5) is 28.1. The Hall–Kier alpha value is -4.33. The van der Waals surface area contributed by atoms with E-state index < -0.39 is 5.60 Å². The summed E-state index contributed by atoms with van der Waals surface area (Å²) in [6.45, 7) is 7.73. The van der Waals surface area contributed by atoms with Crippen molar-refractivity contribution in [1.29, 1.82) is 5.26 Å². The van der Waals surface area contributed by atoms with Crippen LogP contribution in [0.1, 0.15) is 39.3 Å². The van der Waals surface area contributed by atoms with Crippen LogP contribution >= 0.6 is 0 Å². The molecule has 5 rings (SSSR count). The van der Waals surface area contributed by atoms with E-state index in [0.29, 0.717) is 61.1 Å². The fraction of sp³-hybridized carbons (Fsp3) is 0.444. The fourth-order valence-corrected chi connectivity index (χ4v) is 4.55. The van der Waals surface area contributed by atoms with Crippen LogP contribution in [0.4, 0.5) is 10.7 Å². The number of benzene rings is 1. The van der Waals surface area contributed by atoms with Gasteiger partial charge in [-0.05, 0) is 57.9 Å². The summed E-state index contributed by atoms with van der Waals surface area (Å²) in [7, 11) is 0. The van der Waals surface area contributed by atoms with Gasteiger partial charge in [0, 0.05) is 30.9 Å². The number of hydrogen-bond donors (Lipinski definition) is 1. The average Bonchev–Trinajstić information content (AvgIpc) is 3.32. The van der Waals surface area contributed by atoms with Crippen LogP contribution in [0.3, 0.4) is 0 Å². The van der Waals surface area contributed by atoms with Crippen LogP contribution in [-0.4, -0.2) is 68.5 Å². The summed E-state index contributed by atoms with van der Waals surface area (Å²) in [6.07, 6.45) is 4.92. The number of nitrogens with zero attached hydrogens (tertiary/aromatic N) is 6. The second-order valence-corrected chi connectivity index (χ2v) is 10.3. The summed E-state index contributed by atoms with van der Waals surface area (Å²) in [5.74, 6) is 2.99. The van der Waals surface area contributed by atoms with Crippen molar-refractivity contribution in [3.8, 4) is 34.8 Å². The number of carbonyl (C=O) groups is 1. The van der Waals surface area contributed by atoms with Crippen LogP contribution in [0.5, 0.6) is 11.5 Å². The van der Waals surface area contributed by atoms with Crippen LogP contribution in [0.25, 0.3) is 17.2 Å². The maximum absolute atomic E-state index is 12.6. The van der Waals surface area contributed by atoms with E-state index in [9.17, 15) is 10.1 Å². The zero-order chi connectivity index (χ0) is 26.7. The molecule has 1 atom stereocenters. The van der Waals surface area contributed by atoms with E-state index in [4.69, 9.17) is 19.2 Å². The summed E-state index contributed by atoms with van der Waals surface area (Å²) in [5, 5.41) is 12.8. The van der Waals surface area contributed by atoms with Crippen molar-refractivity contribution in [1.82, 2.24) is 24.4 Å². The first-order chi connectivity index (χ1) is 18.3. The van der Waals surface area contributed by atoms with Gasteiger partial charge in [-0.2, -0.15) is 10.2 Å². The lowest BCUT2D eigenvalue weighted by Gasteiger charge is -2.34. The third-order valence-corrected chi connectivity index (χ3v) is 6.17. The van der Waals surface area contributed by atoms with Crippen molar-refractivity contribution in [3.63, 3.8) is 0 Å². The zero-order valence-electron chi connectivity index (χ0n) is 21.8. The van der Waals surface area contributed by atoms with Crippen LogP contribution < -0.4 is 14.8 Å². The molecule has 1 fully saturated rings. The summed E-state index contributed by atoms with van der Waals surface area (Å²) >= 11 is 0. The van der Waals surface area contributed by atoms with Gasteiger partial charge in [-0.25, -0.2) is 14.8 Å². The maximum atomic E-state index is 12.6. The fourth-order valence-electron chi connectivity index (χ4n) is 4.55. The van der Waals surface area contributed by atoms with E-state index in [1.165, 1.54) is 0 Å². The first-order valence-electron chi connectivity index (χ1n) is 12.7. The molecule has 0 saturated carbocycles. The lowest BCUT2D eigenvalue weighted by atomic mass is 10.1. The van der Waals surface area contributed by atoms with Crippen molar-refractivity contribution < 1.29 is 19.0 Å². The molecule has 1 aromatic carbocycles. The molecule has 2 aliphatic heterocycles. The predicted molar refractivity (Wildman–Crippen MR) is 139 cm³/mol. The third-order valence-electron chi connectivity index (χ3n) is 6.17. The van der Waals surface area contributed by atoms with Gasteiger partial charge in [0.1, 0.15) is 30.5 Å². The van der Waals surface area contributed by atoms with Crippen LogP contribution in [0, 0.1) is 11.3 Å². The number of amides is 1. The molecule has 11 nitrogen and oxygen atoms in total. The van der Waals surface area contributed by atoms with Crippen molar-refractivity contribution in [2.45, 2.75) is 51.7 Å². The molecular formula is C27H31N7O4. The monoisotopic (exact) mass is 517 g/mol. The number of hydrogen-bond acceptors (Lipinski definition) is 9. The summed E-state index contributed by atoms with van der Waals surface area (Å²) in [6, 6.07) is 9.62. The third kappa shape index (κ3) is 5.64. The summed E-state index contributed by atoms with van der Waals surface area (Å²) in [5.41, 5.74) is 0.970. The molecule has 3 aromatic rings. The number of fused-ring (bicyclic) bond motifs is 1. The highest BCUT2D eigenvalue weighted by molar-refractivity contribution is 5.68. The number of anilines is 1. The Morgan fingerprint density at radius 3 is 2.82 bits per heavy atom. The Labute approximate surface area is 221 Å². The molecule has 2 aliphatic rings. The number of aromatic nitrogens is 4. The number of nitriles is 1. The molecule has 198 valence electrons. The molecule has 1 saturated heterocycles. The van der Waals surface area contributed by atoms with E-state index in [0.717, 1.165) is 18.4 Å². The average molecular weight is 518 g/mol. The van der Waals surface area contributed by atoms with Gasteiger partial charge in [-0.15, -0.1) is 0 Å². The van der Waals surface area contributed by atoms with Crippen LogP contribution in [-0.2, 0) is 11.2 Å². The minimum absolute atomic E-state index is 0.0230. The minimum Gasteiger partial charge on any atom is -0.486 e. The molecule has 0 spiro atoms. The van der Waals surface area contributed by atoms with Gasteiger partial charge in [0.15, 0.2) is 11.5 Å². The van der Waals surface area contributed by atoms with Crippen molar-refractivity contribution >= 4 is 12.0 Å². The predicted octanol–water partition coefficient (Wildman–Crippen LogP) is 3.98. The molecule has 1 unspecified atom stereocenters. The van der Waals surface area contributed by atoms with Gasteiger partial charge in [0.25, 0.3) is 0 Å². The van der Waals surface area contributed by atoms with Crippen LogP contribution in [0.15, 0.2) is 36.7 Å². The molecule has 1 N–H and O–H groups in total. The highest BCUT2D eigenvalue weighted by Crippen LogP contribution is 2.35. The molecule has 0 bridgehead atoms. The molecule has 0 radical (unpaired) electrons. The SMILES string of the molecule is CC(C)(C)OC(=O)N1CCCC(Nc2nccc(-n3c(CC#N)cnc3-c3ccc4c(c3)OCCO4)n2)C1. The van der Waals surface area contributed by atoms with Gasteiger partial charge < -0.3 is 24.4 Å². The number of nitrogens with one attached hydrogen (secondary N) is 1. The molecular weight excluding hydrogens is 486 g/mol. The van der Waals surface area contributed by atoms with E-state index in [2.05, 4.69) is 21.4 Å². The second-order valence-electron chi connectivity index (χ2n) is 10.3. The van der Waals surface area contributed by atoms with Crippen molar-refractivity contribution in [2.24, 2.45) is 0 Å². The smallest absolute Gasteiger partial charge is 0.410 e. The van der Waals surface area contributed by atoms with Gasteiger partial charge in [-0.1, -0.05) is 0 Å². The molecule has 11 heteroatoms. The molecule has 38 heavy (non-hydrogen) atoms. The van der Waals surface area contributed by atoms with E-state index in [-0.39, 0.29) is 18.6 Å². The number of imidazole rings is 1. The van der Waals surface area contributed by atoms with Crippen molar-refractivity contribution in [3.05, 3.63) is 42.4 Å². The van der Waals surface area contributed by atoms with E-state index >= 15 is 0 Å². The highest BCUT2D eigenvalue weighted by Gasteiger charge is 2.28. The Balaban J connectivity index is 1.40. The van der Waals surface area contributed by atoms with Gasteiger partial charge >= 0.3 is 6.09 Å². The van der Waals surface area contributed by atoms with E-state index in [1.54, 1.807) is 23.4 Å². The van der Waals surface area contributed by atoms with E-state index in [1.807, 2.05) is 43.5 Å². The lowest BCUT2D eigenvalue weighted by molar-refractivity contribution is 0.0206. The Kier molecular flexibility index (Phi) is 7.05. The first kappa shape index (κ1) is 25.3. The molecule has 4 heterocycles. The standard InChI is InChI=1S/C27H31N7O4/c1-27(2,3)38-26(35)33-12-4-5-19(17-33)31-25-29-11-9-23(32-25)34-20(8-10-28)16-30-24(34)18-6-7-21-22(15-18)37-14-13-36-21/h6-7,9,11,15-16,19H,4-5,8,12-14,17H2,1-3H3,(H,29,31,32). The normalized spacial score (nSPS) is 17.0. The Morgan fingerprint density at radius 2 is 2.03 bits per heavy atom. The zero-order valence-corrected chi connectivity index (χ0v) is 21.8. The van der Waals surface area contributed by atoms with Gasteiger partial charge in [0.2, 0.25) is 5.95 Å². The highest BCUT2D eigenvalue weighted by atomic mass is 16.6. The molecule has 1 amide bonds. The molecule has 2 aromatic heterocycles. The number of rotatable bonds is 5. The second kappa shape index (κ2) is 10.6. The maximum Gasteiger partial charge on any atom is 0.410 e.